The summed E-state index contributed by atoms with van der Waals surface area (Å²) in [7, 11) is 1.46. The van der Waals surface area contributed by atoms with Gasteiger partial charge in [-0.3, -0.25) is 0 Å². The van der Waals surface area contributed by atoms with E-state index in [9.17, 15) is 4.79 Å². The summed E-state index contributed by atoms with van der Waals surface area (Å²) in [5.74, 6) is 11.9. The molecule has 0 aliphatic heterocycles. The van der Waals surface area contributed by atoms with Gasteiger partial charge in [-0.05, 0) is 67.6 Å². The standard InChI is InChI=1S/C22H26O2/c1-24-22(23)21-18-19-14-12-10-8-6-4-2-3-5-7-9-11-13-15-20(21)17-16-19/h16-18H,6-15H2,1H3. The molecule has 2 aliphatic rings. The van der Waals surface area contributed by atoms with Gasteiger partial charge in [-0.1, -0.05) is 36.8 Å². The summed E-state index contributed by atoms with van der Waals surface area (Å²) in [4.78, 5) is 12.1. The number of aryl methyl sites for hydroxylation is 2. The zero-order chi connectivity index (χ0) is 17.0. The van der Waals surface area contributed by atoms with Gasteiger partial charge >= 0.3 is 5.97 Å². The molecular formula is C22H26O2. The van der Waals surface area contributed by atoms with Crippen molar-refractivity contribution in [2.45, 2.75) is 64.2 Å². The average molecular weight is 322 g/mol. The smallest absolute Gasteiger partial charge is 0.338 e. The predicted molar refractivity (Wildman–Crippen MR) is 97.7 cm³/mol. The van der Waals surface area contributed by atoms with Crippen LogP contribution in [0.25, 0.3) is 0 Å². The molecule has 0 fully saturated rings. The second kappa shape index (κ2) is 10.6. The van der Waals surface area contributed by atoms with Crippen LogP contribution in [0.2, 0.25) is 0 Å². The topological polar surface area (TPSA) is 26.3 Å². The van der Waals surface area contributed by atoms with Gasteiger partial charge in [0.2, 0.25) is 0 Å². The third kappa shape index (κ3) is 6.13. The lowest BCUT2D eigenvalue weighted by Gasteiger charge is -2.10. The number of ether oxygens (including phenoxy) is 1. The van der Waals surface area contributed by atoms with E-state index in [0.29, 0.717) is 0 Å². The lowest BCUT2D eigenvalue weighted by Crippen LogP contribution is -2.07. The number of fused-ring (bicyclic) bond motifs is 13. The Morgan fingerprint density at radius 2 is 1.58 bits per heavy atom. The number of methoxy groups -OCH3 is 1. The molecule has 2 nitrogen and oxygen atoms in total. The van der Waals surface area contributed by atoms with Gasteiger partial charge in [0.25, 0.3) is 0 Å². The van der Waals surface area contributed by atoms with Gasteiger partial charge in [0.15, 0.2) is 0 Å². The van der Waals surface area contributed by atoms with Crippen molar-refractivity contribution < 1.29 is 9.53 Å². The third-order valence-corrected chi connectivity index (χ3v) is 4.33. The van der Waals surface area contributed by atoms with E-state index in [1.54, 1.807) is 0 Å². The van der Waals surface area contributed by atoms with Crippen LogP contribution < -0.4 is 0 Å². The van der Waals surface area contributed by atoms with Crippen LogP contribution in [0.5, 0.6) is 0 Å². The van der Waals surface area contributed by atoms with Crippen molar-refractivity contribution in [2.24, 2.45) is 0 Å². The maximum absolute atomic E-state index is 12.1. The first-order chi connectivity index (χ1) is 11.8. The van der Waals surface area contributed by atoms with Crippen molar-refractivity contribution in [1.82, 2.24) is 0 Å². The van der Waals surface area contributed by atoms with Crippen LogP contribution in [-0.2, 0) is 17.6 Å². The summed E-state index contributed by atoms with van der Waals surface area (Å²) < 4.78 is 4.97. The van der Waals surface area contributed by atoms with Crippen LogP contribution in [0.1, 0.15) is 72.9 Å². The number of carbonyl (C=O) groups excluding carboxylic acids is 1. The van der Waals surface area contributed by atoms with E-state index in [2.05, 4.69) is 35.8 Å². The minimum atomic E-state index is -0.220. The summed E-state index contributed by atoms with van der Waals surface area (Å²) in [6.07, 6.45) is 10.4. The number of carbonyl (C=O) groups is 1. The molecule has 2 heteroatoms. The molecule has 0 N–H and O–H groups in total. The predicted octanol–water partition coefficient (Wildman–Crippen LogP) is 4.70. The largest absolute Gasteiger partial charge is 0.465 e. The molecule has 0 spiro atoms. The fourth-order valence-corrected chi connectivity index (χ4v) is 2.94. The molecule has 1 aromatic carbocycles. The Morgan fingerprint density at radius 1 is 0.917 bits per heavy atom. The number of esters is 1. The Bertz CT molecular complexity index is 665. The number of rotatable bonds is 1. The zero-order valence-corrected chi connectivity index (χ0v) is 14.6. The zero-order valence-electron chi connectivity index (χ0n) is 14.6. The van der Waals surface area contributed by atoms with E-state index in [0.717, 1.165) is 75.3 Å². The summed E-state index contributed by atoms with van der Waals surface area (Å²) in [5, 5.41) is 0. The van der Waals surface area contributed by atoms with E-state index < -0.39 is 0 Å². The third-order valence-electron chi connectivity index (χ3n) is 4.33. The SMILES string of the molecule is COC(=O)c1cc2ccc1CCCCCC#CC#CCCCCC2. The molecule has 0 saturated heterocycles. The molecule has 0 atom stereocenters. The molecular weight excluding hydrogens is 296 g/mol. The molecule has 0 heterocycles. The summed E-state index contributed by atoms with van der Waals surface area (Å²) >= 11 is 0. The Morgan fingerprint density at radius 3 is 2.25 bits per heavy atom. The summed E-state index contributed by atoms with van der Waals surface area (Å²) in [6, 6.07) is 6.29. The number of hydrogen-bond donors (Lipinski definition) is 0. The monoisotopic (exact) mass is 322 g/mol. The highest BCUT2D eigenvalue weighted by Gasteiger charge is 2.12. The Labute approximate surface area is 146 Å². The van der Waals surface area contributed by atoms with Crippen LogP contribution in [0, 0.1) is 23.7 Å². The highest BCUT2D eigenvalue weighted by atomic mass is 16.5. The second-order valence-electron chi connectivity index (χ2n) is 6.21. The number of hydrogen-bond acceptors (Lipinski definition) is 2. The van der Waals surface area contributed by atoms with Crippen LogP contribution in [0.15, 0.2) is 18.2 Å². The molecule has 0 amide bonds. The lowest BCUT2D eigenvalue weighted by atomic mass is 9.96. The quantitative estimate of drug-likeness (QED) is 0.553. The molecule has 1 aromatic rings. The van der Waals surface area contributed by atoms with Gasteiger partial charge in [-0.15, -0.1) is 0 Å². The minimum absolute atomic E-state index is 0.220. The van der Waals surface area contributed by atoms with Crippen LogP contribution in [-0.4, -0.2) is 13.1 Å². The molecule has 0 aromatic heterocycles. The van der Waals surface area contributed by atoms with Crippen molar-refractivity contribution in [2.75, 3.05) is 7.11 Å². The first-order valence-electron chi connectivity index (χ1n) is 8.97. The average Bonchev–Trinajstić information content (AvgIpc) is 2.61. The Kier molecular flexibility index (Phi) is 7.99. The molecule has 0 unspecified atom stereocenters. The van der Waals surface area contributed by atoms with Crippen LogP contribution in [0.4, 0.5) is 0 Å². The van der Waals surface area contributed by atoms with Crippen LogP contribution in [0.3, 0.4) is 0 Å². The normalized spacial score (nSPS) is 15.9. The highest BCUT2D eigenvalue weighted by Crippen LogP contribution is 2.18. The molecule has 126 valence electrons. The fraction of sp³-hybridized carbons (Fsp3) is 0.500. The Balaban J connectivity index is 2.10. The maximum atomic E-state index is 12.1. The van der Waals surface area contributed by atoms with E-state index in [-0.39, 0.29) is 5.97 Å². The van der Waals surface area contributed by atoms with Gasteiger partial charge in [0.05, 0.1) is 12.7 Å². The first kappa shape index (κ1) is 18.2. The van der Waals surface area contributed by atoms with Crippen molar-refractivity contribution in [3.63, 3.8) is 0 Å². The van der Waals surface area contributed by atoms with Crippen LogP contribution >= 0.6 is 0 Å². The van der Waals surface area contributed by atoms with E-state index in [4.69, 9.17) is 4.74 Å². The van der Waals surface area contributed by atoms with Gasteiger partial charge in [-0.2, -0.15) is 0 Å². The lowest BCUT2D eigenvalue weighted by molar-refractivity contribution is 0.0599. The maximum Gasteiger partial charge on any atom is 0.338 e. The van der Waals surface area contributed by atoms with E-state index in [1.807, 2.05) is 6.07 Å². The molecule has 3 rings (SSSR count). The molecule has 0 radical (unpaired) electrons. The number of benzene rings is 1. The molecule has 0 saturated carbocycles. The van der Waals surface area contributed by atoms with Crippen molar-refractivity contribution in [3.05, 3.63) is 34.9 Å². The molecule has 2 bridgehead atoms. The molecule has 2 aliphatic carbocycles. The summed E-state index contributed by atoms with van der Waals surface area (Å²) in [5.41, 5.74) is 3.06. The van der Waals surface area contributed by atoms with Crippen molar-refractivity contribution in [1.29, 1.82) is 0 Å². The first-order valence-corrected chi connectivity index (χ1v) is 8.97. The fourth-order valence-electron chi connectivity index (χ4n) is 2.94. The van der Waals surface area contributed by atoms with Gasteiger partial charge in [-0.25, -0.2) is 4.79 Å². The van der Waals surface area contributed by atoms with Gasteiger partial charge in [0, 0.05) is 12.8 Å². The Hall–Kier alpha value is -2.19. The van der Waals surface area contributed by atoms with Gasteiger partial charge in [0.1, 0.15) is 0 Å². The minimum Gasteiger partial charge on any atom is -0.465 e. The van der Waals surface area contributed by atoms with Crippen molar-refractivity contribution >= 4 is 5.97 Å². The van der Waals surface area contributed by atoms with E-state index in [1.165, 1.54) is 12.7 Å². The van der Waals surface area contributed by atoms with Crippen molar-refractivity contribution in [3.8, 4) is 23.7 Å². The van der Waals surface area contributed by atoms with E-state index >= 15 is 0 Å². The summed E-state index contributed by atoms with van der Waals surface area (Å²) in [6.45, 7) is 0. The second-order valence-corrected chi connectivity index (χ2v) is 6.21. The van der Waals surface area contributed by atoms with Gasteiger partial charge < -0.3 is 4.74 Å². The molecule has 24 heavy (non-hydrogen) atoms. The highest BCUT2D eigenvalue weighted by molar-refractivity contribution is 5.91.